The van der Waals surface area contributed by atoms with Crippen molar-refractivity contribution in [3.63, 3.8) is 0 Å². The number of hydrogen-bond acceptors (Lipinski definition) is 5. The monoisotopic (exact) mass is 265 g/mol. The van der Waals surface area contributed by atoms with Crippen molar-refractivity contribution < 1.29 is 14.3 Å². The molecule has 0 fully saturated rings. The molecule has 5 heteroatoms. The summed E-state index contributed by atoms with van der Waals surface area (Å²) in [4.78, 5) is 23.1. The van der Waals surface area contributed by atoms with E-state index in [9.17, 15) is 14.7 Å². The lowest BCUT2D eigenvalue weighted by Crippen LogP contribution is -2.14. The van der Waals surface area contributed by atoms with Gasteiger partial charge in [0.1, 0.15) is 17.1 Å². The number of unbranched alkanes of at least 4 members (excludes halogenated alkanes) is 1. The van der Waals surface area contributed by atoms with Gasteiger partial charge in [-0.15, -0.1) is 0 Å². The number of aromatic hydroxyl groups is 1. The molecular formula is C14H19NO4. The van der Waals surface area contributed by atoms with Gasteiger partial charge in [0.05, 0.1) is 0 Å². The summed E-state index contributed by atoms with van der Waals surface area (Å²) in [5, 5.41) is 12.6. The lowest BCUT2D eigenvalue weighted by atomic mass is 10.1. The minimum Gasteiger partial charge on any atom is -0.507 e. The van der Waals surface area contributed by atoms with Gasteiger partial charge in [-0.3, -0.25) is 4.79 Å². The number of Topliss-reactive ketones (excluding diaryl/α,β-unsaturated/α-hetero) is 1. The maximum absolute atomic E-state index is 11.6. The fourth-order valence-electron chi connectivity index (χ4n) is 1.68. The van der Waals surface area contributed by atoms with Crippen LogP contribution in [0.15, 0.2) is 27.6 Å². The third-order valence-corrected chi connectivity index (χ3v) is 2.66. The van der Waals surface area contributed by atoms with E-state index in [1.807, 2.05) is 19.3 Å². The Morgan fingerprint density at radius 1 is 1.53 bits per heavy atom. The smallest absolute Gasteiger partial charge is 0.350 e. The van der Waals surface area contributed by atoms with Gasteiger partial charge in [-0.1, -0.05) is 13.0 Å². The molecule has 0 aliphatic rings. The molecule has 0 saturated heterocycles. The van der Waals surface area contributed by atoms with Gasteiger partial charge in [0, 0.05) is 26.0 Å². The van der Waals surface area contributed by atoms with Crippen molar-refractivity contribution in [1.29, 1.82) is 0 Å². The molecule has 0 aliphatic heterocycles. The normalized spacial score (nSPS) is 10.8. The summed E-state index contributed by atoms with van der Waals surface area (Å²) < 4.78 is 5.04. The van der Waals surface area contributed by atoms with E-state index in [1.165, 1.54) is 6.07 Å². The zero-order chi connectivity index (χ0) is 14.3. The van der Waals surface area contributed by atoms with E-state index in [4.69, 9.17) is 4.42 Å². The number of rotatable bonds is 7. The highest BCUT2D eigenvalue weighted by Crippen LogP contribution is 2.17. The molecular weight excluding hydrogens is 246 g/mol. The molecule has 0 spiro atoms. The Kier molecular flexibility index (Phi) is 5.85. The van der Waals surface area contributed by atoms with Crippen LogP contribution in [0.2, 0.25) is 0 Å². The van der Waals surface area contributed by atoms with Crippen LogP contribution in [0.5, 0.6) is 5.75 Å². The molecule has 0 radical (unpaired) electrons. The van der Waals surface area contributed by atoms with Gasteiger partial charge in [0.25, 0.3) is 0 Å². The molecule has 0 aromatic carbocycles. The standard InChI is InChI=1S/C14H19NO4/c1-3-11(16)13-12(17)9-10(19-14(13)18)7-5-4-6-8-15-2/h6,8-9,15,17H,3-5,7H2,1-2H3/b8-6+. The van der Waals surface area contributed by atoms with E-state index in [1.54, 1.807) is 6.92 Å². The van der Waals surface area contributed by atoms with Crippen LogP contribution in [-0.2, 0) is 6.42 Å². The number of aryl methyl sites for hydroxylation is 1. The lowest BCUT2D eigenvalue weighted by molar-refractivity contribution is 0.0981. The quantitative estimate of drug-likeness (QED) is 0.582. The highest BCUT2D eigenvalue weighted by atomic mass is 16.4. The fraction of sp³-hybridized carbons (Fsp3) is 0.429. The third kappa shape index (κ3) is 4.28. The second-order valence-electron chi connectivity index (χ2n) is 4.12. The highest BCUT2D eigenvalue weighted by molar-refractivity contribution is 5.97. The summed E-state index contributed by atoms with van der Waals surface area (Å²) in [6.07, 6.45) is 6.12. The van der Waals surface area contributed by atoms with Crippen molar-refractivity contribution in [2.45, 2.75) is 32.6 Å². The number of ketones is 1. The van der Waals surface area contributed by atoms with Gasteiger partial charge < -0.3 is 14.8 Å². The molecule has 0 unspecified atom stereocenters. The average Bonchev–Trinajstić information content (AvgIpc) is 2.37. The molecule has 0 bridgehead atoms. The van der Waals surface area contributed by atoms with E-state index < -0.39 is 11.4 Å². The zero-order valence-electron chi connectivity index (χ0n) is 11.2. The molecule has 0 saturated carbocycles. The first-order chi connectivity index (χ1) is 9.10. The Labute approximate surface area is 111 Å². The van der Waals surface area contributed by atoms with Gasteiger partial charge in [-0.25, -0.2) is 4.79 Å². The molecule has 2 N–H and O–H groups in total. The molecule has 1 aromatic heterocycles. The van der Waals surface area contributed by atoms with Gasteiger partial charge in [0.15, 0.2) is 5.78 Å². The van der Waals surface area contributed by atoms with Crippen LogP contribution in [0.3, 0.4) is 0 Å². The fourth-order valence-corrected chi connectivity index (χ4v) is 1.68. The molecule has 1 heterocycles. The summed E-state index contributed by atoms with van der Waals surface area (Å²) in [6.45, 7) is 1.63. The predicted octanol–water partition coefficient (Wildman–Crippen LogP) is 1.99. The van der Waals surface area contributed by atoms with Crippen LogP contribution in [0.25, 0.3) is 0 Å². The summed E-state index contributed by atoms with van der Waals surface area (Å²) in [5.74, 6) is -0.299. The first kappa shape index (κ1) is 15.0. The van der Waals surface area contributed by atoms with Crippen LogP contribution >= 0.6 is 0 Å². The predicted molar refractivity (Wildman–Crippen MR) is 72.4 cm³/mol. The Balaban J connectivity index is 2.75. The van der Waals surface area contributed by atoms with E-state index in [2.05, 4.69) is 5.32 Å². The van der Waals surface area contributed by atoms with Gasteiger partial charge >= 0.3 is 5.63 Å². The molecule has 19 heavy (non-hydrogen) atoms. The Morgan fingerprint density at radius 2 is 2.26 bits per heavy atom. The van der Waals surface area contributed by atoms with Crippen molar-refractivity contribution in [1.82, 2.24) is 5.32 Å². The minimum atomic E-state index is -0.757. The van der Waals surface area contributed by atoms with Crippen LogP contribution in [0.1, 0.15) is 42.3 Å². The Morgan fingerprint density at radius 3 is 2.84 bits per heavy atom. The van der Waals surface area contributed by atoms with Crippen molar-refractivity contribution in [3.05, 3.63) is 40.1 Å². The number of allylic oxidation sites excluding steroid dienone is 1. The zero-order valence-corrected chi connectivity index (χ0v) is 11.2. The van der Waals surface area contributed by atoms with Crippen molar-refractivity contribution in [2.24, 2.45) is 0 Å². The summed E-state index contributed by atoms with van der Waals surface area (Å²) >= 11 is 0. The topological polar surface area (TPSA) is 79.5 Å². The van der Waals surface area contributed by atoms with Crippen LogP contribution in [0.4, 0.5) is 0 Å². The summed E-state index contributed by atoms with van der Waals surface area (Å²) in [5.41, 5.74) is -1.01. The van der Waals surface area contributed by atoms with Crippen molar-refractivity contribution in [2.75, 3.05) is 7.05 Å². The number of carbonyl (C=O) groups is 1. The largest absolute Gasteiger partial charge is 0.507 e. The second kappa shape index (κ2) is 7.41. The Bertz CT molecular complexity index is 517. The summed E-state index contributed by atoms with van der Waals surface area (Å²) in [7, 11) is 1.82. The third-order valence-electron chi connectivity index (χ3n) is 2.66. The first-order valence-electron chi connectivity index (χ1n) is 6.31. The van der Waals surface area contributed by atoms with E-state index in [0.29, 0.717) is 12.2 Å². The summed E-state index contributed by atoms with van der Waals surface area (Å²) in [6, 6.07) is 1.35. The molecule has 1 aromatic rings. The number of hydrogen-bond donors (Lipinski definition) is 2. The van der Waals surface area contributed by atoms with Crippen LogP contribution < -0.4 is 10.9 Å². The number of nitrogens with one attached hydrogen (secondary N) is 1. The number of carbonyl (C=O) groups excluding carboxylic acids is 1. The SMILES string of the molecule is CCC(=O)c1c(O)cc(CCC/C=C/NC)oc1=O. The van der Waals surface area contributed by atoms with E-state index in [-0.39, 0.29) is 17.7 Å². The molecule has 104 valence electrons. The maximum atomic E-state index is 11.6. The van der Waals surface area contributed by atoms with Crippen molar-refractivity contribution in [3.8, 4) is 5.75 Å². The van der Waals surface area contributed by atoms with Gasteiger partial charge in [0.2, 0.25) is 0 Å². The van der Waals surface area contributed by atoms with E-state index >= 15 is 0 Å². The maximum Gasteiger partial charge on any atom is 0.350 e. The average molecular weight is 265 g/mol. The minimum absolute atomic E-state index is 0.159. The van der Waals surface area contributed by atoms with E-state index in [0.717, 1.165) is 12.8 Å². The lowest BCUT2D eigenvalue weighted by Gasteiger charge is -2.03. The van der Waals surface area contributed by atoms with Crippen LogP contribution in [0, 0.1) is 0 Å². The van der Waals surface area contributed by atoms with Gasteiger partial charge in [-0.05, 0) is 19.0 Å². The van der Waals surface area contributed by atoms with Crippen molar-refractivity contribution >= 4 is 5.78 Å². The van der Waals surface area contributed by atoms with Gasteiger partial charge in [-0.2, -0.15) is 0 Å². The Hall–Kier alpha value is -2.04. The second-order valence-corrected chi connectivity index (χ2v) is 4.12. The molecule has 0 aliphatic carbocycles. The highest BCUT2D eigenvalue weighted by Gasteiger charge is 2.17. The molecule has 5 nitrogen and oxygen atoms in total. The molecule has 0 amide bonds. The first-order valence-corrected chi connectivity index (χ1v) is 6.31. The van der Waals surface area contributed by atoms with Crippen LogP contribution in [-0.4, -0.2) is 17.9 Å². The molecule has 0 atom stereocenters. The molecule has 1 rings (SSSR count).